The van der Waals surface area contributed by atoms with E-state index in [2.05, 4.69) is 34.6 Å². The van der Waals surface area contributed by atoms with Crippen molar-refractivity contribution in [2.45, 2.75) is 61.3 Å². The third-order valence-corrected chi connectivity index (χ3v) is 4.18. The molecule has 1 saturated carbocycles. The van der Waals surface area contributed by atoms with Crippen molar-refractivity contribution in [1.29, 1.82) is 0 Å². The largest absolute Gasteiger partial charge is 0.0683 e. The second kappa shape index (κ2) is 3.81. The first-order valence-electron chi connectivity index (χ1n) is 5.38. The van der Waals surface area contributed by atoms with E-state index in [0.717, 1.165) is 5.92 Å². The lowest BCUT2D eigenvalue weighted by molar-refractivity contribution is 0.116. The van der Waals surface area contributed by atoms with E-state index in [9.17, 15) is 0 Å². The van der Waals surface area contributed by atoms with E-state index in [1.807, 2.05) is 13.8 Å². The monoisotopic (exact) mass is 170 g/mol. The van der Waals surface area contributed by atoms with Gasteiger partial charge in [-0.25, -0.2) is 0 Å². The van der Waals surface area contributed by atoms with E-state index in [4.69, 9.17) is 0 Å². The summed E-state index contributed by atoms with van der Waals surface area (Å²) >= 11 is 0. The average molecular weight is 170 g/mol. The van der Waals surface area contributed by atoms with Crippen molar-refractivity contribution in [3.8, 4) is 0 Å². The number of rotatable bonds is 0. The summed E-state index contributed by atoms with van der Waals surface area (Å²) in [6.45, 7) is 16.0. The SMILES string of the molecule is CC.C[C@@H]1CCC(C)(C)C1(C)C. The minimum atomic E-state index is 0.549. The molecule has 1 atom stereocenters. The predicted octanol–water partition coefficient (Wildman–Crippen LogP) is 4.49. The van der Waals surface area contributed by atoms with Gasteiger partial charge in [0.05, 0.1) is 0 Å². The molecule has 0 aromatic heterocycles. The molecule has 1 aliphatic rings. The molecule has 0 unspecified atom stereocenters. The Morgan fingerprint density at radius 2 is 1.42 bits per heavy atom. The van der Waals surface area contributed by atoms with Crippen LogP contribution in [0, 0.1) is 16.7 Å². The van der Waals surface area contributed by atoms with Gasteiger partial charge in [-0.1, -0.05) is 48.5 Å². The Bertz CT molecular complexity index is 131. The van der Waals surface area contributed by atoms with Gasteiger partial charge >= 0.3 is 0 Å². The fourth-order valence-corrected chi connectivity index (χ4v) is 1.93. The molecule has 74 valence electrons. The number of hydrogen-bond donors (Lipinski definition) is 0. The first kappa shape index (κ1) is 12.0. The zero-order chi connectivity index (χ0) is 9.99. The van der Waals surface area contributed by atoms with Gasteiger partial charge in [0.15, 0.2) is 0 Å². The van der Waals surface area contributed by atoms with Crippen molar-refractivity contribution >= 4 is 0 Å². The van der Waals surface area contributed by atoms with Crippen LogP contribution < -0.4 is 0 Å². The van der Waals surface area contributed by atoms with E-state index in [0.29, 0.717) is 10.8 Å². The van der Waals surface area contributed by atoms with Crippen molar-refractivity contribution in [3.05, 3.63) is 0 Å². The van der Waals surface area contributed by atoms with E-state index < -0.39 is 0 Å². The van der Waals surface area contributed by atoms with Gasteiger partial charge in [0.25, 0.3) is 0 Å². The normalized spacial score (nSPS) is 30.8. The van der Waals surface area contributed by atoms with Crippen molar-refractivity contribution in [2.75, 3.05) is 0 Å². The van der Waals surface area contributed by atoms with Crippen LogP contribution in [0.3, 0.4) is 0 Å². The maximum atomic E-state index is 2.41. The van der Waals surface area contributed by atoms with Crippen molar-refractivity contribution in [2.24, 2.45) is 16.7 Å². The molecule has 0 heteroatoms. The highest BCUT2D eigenvalue weighted by molar-refractivity contribution is 4.95. The molecular weight excluding hydrogens is 144 g/mol. The topological polar surface area (TPSA) is 0 Å². The lowest BCUT2D eigenvalue weighted by Gasteiger charge is -2.37. The van der Waals surface area contributed by atoms with Crippen LogP contribution in [0.25, 0.3) is 0 Å². The van der Waals surface area contributed by atoms with Crippen LogP contribution >= 0.6 is 0 Å². The van der Waals surface area contributed by atoms with Crippen molar-refractivity contribution in [3.63, 3.8) is 0 Å². The Kier molecular flexibility index (Phi) is 3.81. The molecule has 0 bridgehead atoms. The van der Waals surface area contributed by atoms with Crippen LogP contribution in [0.2, 0.25) is 0 Å². The molecule has 0 N–H and O–H groups in total. The smallest absolute Gasteiger partial charge is 0.0277 e. The van der Waals surface area contributed by atoms with E-state index >= 15 is 0 Å². The first-order chi connectivity index (χ1) is 5.38. The van der Waals surface area contributed by atoms with Crippen LogP contribution in [-0.4, -0.2) is 0 Å². The van der Waals surface area contributed by atoms with Crippen LogP contribution in [0.1, 0.15) is 61.3 Å². The Morgan fingerprint density at radius 1 is 1.00 bits per heavy atom. The summed E-state index contributed by atoms with van der Waals surface area (Å²) in [4.78, 5) is 0. The summed E-state index contributed by atoms with van der Waals surface area (Å²) in [6.07, 6.45) is 2.82. The third-order valence-electron chi connectivity index (χ3n) is 4.18. The molecule has 0 aromatic rings. The van der Waals surface area contributed by atoms with Gasteiger partial charge in [-0.05, 0) is 29.6 Å². The molecule has 0 nitrogen and oxygen atoms in total. The van der Waals surface area contributed by atoms with Crippen LogP contribution in [0.4, 0.5) is 0 Å². The standard InChI is InChI=1S/C10H20.C2H6/c1-8-6-7-9(2,3)10(8,4)5;1-2/h8H,6-7H2,1-5H3;1-2H3/t8-;/m1./s1. The van der Waals surface area contributed by atoms with Gasteiger partial charge in [0.1, 0.15) is 0 Å². The summed E-state index contributed by atoms with van der Waals surface area (Å²) in [5, 5.41) is 0. The molecule has 0 spiro atoms. The predicted molar refractivity (Wildman–Crippen MR) is 57.3 cm³/mol. The van der Waals surface area contributed by atoms with Crippen molar-refractivity contribution < 1.29 is 0 Å². The lowest BCUT2D eigenvalue weighted by atomic mass is 9.67. The zero-order valence-electron chi connectivity index (χ0n) is 9.99. The Balaban J connectivity index is 0.000000561. The Morgan fingerprint density at radius 3 is 1.50 bits per heavy atom. The summed E-state index contributed by atoms with van der Waals surface area (Å²) in [5.41, 5.74) is 1.11. The summed E-state index contributed by atoms with van der Waals surface area (Å²) in [6, 6.07) is 0. The van der Waals surface area contributed by atoms with Gasteiger partial charge in [-0.15, -0.1) is 0 Å². The van der Waals surface area contributed by atoms with Crippen LogP contribution in [0.5, 0.6) is 0 Å². The molecule has 0 aromatic carbocycles. The third kappa shape index (κ3) is 1.84. The molecule has 0 amide bonds. The van der Waals surface area contributed by atoms with Gasteiger partial charge in [0.2, 0.25) is 0 Å². The minimum Gasteiger partial charge on any atom is -0.0683 e. The van der Waals surface area contributed by atoms with Gasteiger partial charge < -0.3 is 0 Å². The molecule has 1 fully saturated rings. The fourth-order valence-electron chi connectivity index (χ4n) is 1.93. The molecule has 0 aliphatic heterocycles. The highest BCUT2D eigenvalue weighted by Gasteiger charge is 2.45. The van der Waals surface area contributed by atoms with E-state index in [-0.39, 0.29) is 0 Å². The molecule has 1 rings (SSSR count). The van der Waals surface area contributed by atoms with E-state index in [1.165, 1.54) is 12.8 Å². The quantitative estimate of drug-likeness (QED) is 0.502. The van der Waals surface area contributed by atoms with Crippen LogP contribution in [-0.2, 0) is 0 Å². The number of hydrogen-bond acceptors (Lipinski definition) is 0. The average Bonchev–Trinajstić information content (AvgIpc) is 2.18. The highest BCUT2D eigenvalue weighted by Crippen LogP contribution is 2.55. The fraction of sp³-hybridized carbons (Fsp3) is 1.00. The summed E-state index contributed by atoms with van der Waals surface area (Å²) in [7, 11) is 0. The molecule has 0 heterocycles. The molecule has 0 saturated heterocycles. The minimum absolute atomic E-state index is 0.549. The molecular formula is C12H26. The zero-order valence-corrected chi connectivity index (χ0v) is 9.99. The Hall–Kier alpha value is 0. The van der Waals surface area contributed by atoms with E-state index in [1.54, 1.807) is 0 Å². The van der Waals surface area contributed by atoms with Crippen molar-refractivity contribution in [1.82, 2.24) is 0 Å². The Labute approximate surface area is 78.8 Å². The second-order valence-electron chi connectivity index (χ2n) is 5.05. The highest BCUT2D eigenvalue weighted by atomic mass is 14.5. The molecule has 0 radical (unpaired) electrons. The first-order valence-corrected chi connectivity index (χ1v) is 5.38. The second-order valence-corrected chi connectivity index (χ2v) is 5.05. The summed E-state index contributed by atoms with van der Waals surface area (Å²) < 4.78 is 0. The van der Waals surface area contributed by atoms with Gasteiger partial charge in [-0.3, -0.25) is 0 Å². The van der Waals surface area contributed by atoms with Crippen LogP contribution in [0.15, 0.2) is 0 Å². The molecule has 1 aliphatic carbocycles. The van der Waals surface area contributed by atoms with Gasteiger partial charge in [-0.2, -0.15) is 0 Å². The maximum Gasteiger partial charge on any atom is -0.0277 e. The summed E-state index contributed by atoms with van der Waals surface area (Å²) in [5.74, 6) is 0.905. The molecule has 12 heavy (non-hydrogen) atoms. The van der Waals surface area contributed by atoms with Gasteiger partial charge in [0, 0.05) is 0 Å². The lowest BCUT2D eigenvalue weighted by Crippen LogP contribution is -2.30. The maximum absolute atomic E-state index is 2.41.